The average molecular weight is 597 g/mol. The van der Waals surface area contributed by atoms with Crippen LogP contribution in [-0.4, -0.2) is 62.4 Å². The van der Waals surface area contributed by atoms with Gasteiger partial charge in [0.2, 0.25) is 0 Å². The van der Waals surface area contributed by atoms with Gasteiger partial charge in [-0.25, -0.2) is 13.8 Å². The maximum atomic E-state index is 17.5. The number of alkyl halides is 1. The molecule has 0 bridgehead atoms. The maximum Gasteiger partial charge on any atom is 0.192 e. The fourth-order valence-electron chi connectivity index (χ4n) is 9.28. The smallest absolute Gasteiger partial charge is 0.192 e. The lowest BCUT2D eigenvalue weighted by atomic mass is 9.45. The second-order valence-electron chi connectivity index (χ2n) is 13.1. The van der Waals surface area contributed by atoms with E-state index in [9.17, 15) is 19.8 Å². The zero-order chi connectivity index (χ0) is 29.7. The molecule has 0 spiro atoms. The lowest BCUT2D eigenvalue weighted by Gasteiger charge is -2.62. The Morgan fingerprint density at radius 1 is 1.24 bits per heavy atom. The molecular weight excluding hydrogens is 562 g/mol. The molecule has 42 heavy (non-hydrogen) atoms. The maximum absolute atomic E-state index is 17.5. The predicted octanol–water partition coefficient (Wildman–Crippen LogP) is 4.75. The van der Waals surface area contributed by atoms with Crippen LogP contribution in [0.4, 0.5) is 8.78 Å². The lowest BCUT2D eigenvalue weighted by molar-refractivity contribution is -0.267. The molecule has 3 fully saturated rings. The molecule has 1 aromatic carbocycles. The van der Waals surface area contributed by atoms with Crippen molar-refractivity contribution in [2.45, 2.75) is 63.4 Å². The van der Waals surface area contributed by atoms with Crippen molar-refractivity contribution in [1.29, 1.82) is 0 Å². The van der Waals surface area contributed by atoms with Crippen molar-refractivity contribution in [2.24, 2.45) is 28.6 Å². The third-order valence-corrected chi connectivity index (χ3v) is 12.1. The quantitative estimate of drug-likeness (QED) is 0.514. The Kier molecular flexibility index (Phi) is 6.32. The molecule has 2 heterocycles. The highest BCUT2D eigenvalue weighted by molar-refractivity contribution is 7.13. The summed E-state index contributed by atoms with van der Waals surface area (Å²) in [6, 6.07) is 9.82. The lowest BCUT2D eigenvalue weighted by Crippen LogP contribution is -2.69. The number of Topliss-reactive ketones (excluding diaryl/α,β-unsaturated/α-hetero) is 1. The van der Waals surface area contributed by atoms with E-state index < -0.39 is 64.2 Å². The van der Waals surface area contributed by atoms with E-state index in [1.165, 1.54) is 23.5 Å². The first-order valence-electron chi connectivity index (χ1n) is 14.5. The van der Waals surface area contributed by atoms with Crippen LogP contribution in [0.5, 0.6) is 0 Å². The first-order valence-corrected chi connectivity index (χ1v) is 15.4. The number of carbonyl (C=O) groups excluding carboxylic acids is 2. The number of hydrogen-bond acceptors (Lipinski definition) is 8. The first-order chi connectivity index (χ1) is 20.0. The van der Waals surface area contributed by atoms with E-state index in [2.05, 4.69) is 0 Å². The van der Waals surface area contributed by atoms with E-state index in [0.29, 0.717) is 19.5 Å². The van der Waals surface area contributed by atoms with Gasteiger partial charge >= 0.3 is 0 Å². The summed E-state index contributed by atoms with van der Waals surface area (Å²) in [5.74, 6) is -3.13. The Morgan fingerprint density at radius 2 is 2.00 bits per heavy atom. The number of fused-ring (bicyclic) bond motifs is 7. The second kappa shape index (κ2) is 9.43. The molecule has 4 aliphatic carbocycles. The number of hydroxylamine groups is 2. The van der Waals surface area contributed by atoms with Crippen LogP contribution in [0.15, 0.2) is 59.3 Å². The van der Waals surface area contributed by atoms with Crippen molar-refractivity contribution in [3.8, 4) is 10.6 Å². The number of aliphatic hydroxyl groups is 2. The summed E-state index contributed by atoms with van der Waals surface area (Å²) in [7, 11) is 0. The van der Waals surface area contributed by atoms with E-state index in [1.54, 1.807) is 12.0 Å². The van der Waals surface area contributed by atoms with Gasteiger partial charge in [0.1, 0.15) is 17.4 Å². The third kappa shape index (κ3) is 3.53. The number of rotatable bonds is 5. The topological polar surface area (TPSA) is 100.0 Å². The van der Waals surface area contributed by atoms with Gasteiger partial charge in [-0.05, 0) is 37.3 Å². The van der Waals surface area contributed by atoms with Gasteiger partial charge in [0.25, 0.3) is 0 Å². The minimum atomic E-state index is -2.23. The van der Waals surface area contributed by atoms with Crippen molar-refractivity contribution in [3.05, 3.63) is 65.0 Å². The number of aliphatic hydroxyl groups excluding tert-OH is 2. The summed E-state index contributed by atoms with van der Waals surface area (Å²) >= 11 is 1.51. The Labute approximate surface area is 246 Å². The van der Waals surface area contributed by atoms with E-state index in [1.807, 2.05) is 42.6 Å². The molecular formula is C32H34F2N2O5S. The summed E-state index contributed by atoms with van der Waals surface area (Å²) in [5.41, 5.74) is -4.38. The number of aromatic nitrogens is 1. The summed E-state index contributed by atoms with van der Waals surface area (Å²) in [4.78, 5) is 37.1. The van der Waals surface area contributed by atoms with E-state index in [-0.39, 0.29) is 30.6 Å². The molecule has 7 nitrogen and oxygen atoms in total. The van der Waals surface area contributed by atoms with Gasteiger partial charge in [-0.3, -0.25) is 14.4 Å². The van der Waals surface area contributed by atoms with Gasteiger partial charge in [-0.15, -0.1) is 11.3 Å². The van der Waals surface area contributed by atoms with E-state index >= 15 is 8.78 Å². The van der Waals surface area contributed by atoms with Crippen molar-refractivity contribution in [2.75, 3.05) is 13.2 Å². The molecule has 1 saturated heterocycles. The van der Waals surface area contributed by atoms with Crippen molar-refractivity contribution in [1.82, 2.24) is 10.0 Å². The van der Waals surface area contributed by atoms with Gasteiger partial charge < -0.3 is 10.2 Å². The number of hydrogen-bond donors (Lipinski definition) is 2. The molecule has 1 aliphatic heterocycles. The summed E-state index contributed by atoms with van der Waals surface area (Å²) in [5, 5.41) is 26.3. The molecule has 0 radical (unpaired) electrons. The molecule has 0 unspecified atom stereocenters. The molecule has 7 rings (SSSR count). The number of nitrogens with zero attached hydrogens (tertiary/aromatic N) is 2. The zero-order valence-electron chi connectivity index (χ0n) is 23.6. The van der Waals surface area contributed by atoms with Gasteiger partial charge in [-0.1, -0.05) is 43.3 Å². The monoisotopic (exact) mass is 596 g/mol. The fourth-order valence-corrected chi connectivity index (χ4v) is 10.1. The first kappa shape index (κ1) is 28.2. The summed E-state index contributed by atoms with van der Waals surface area (Å²) < 4.78 is 33.2. The highest BCUT2D eigenvalue weighted by Crippen LogP contribution is 2.72. The Balaban J connectivity index is 1.22. The number of allylic oxidation sites excluding steroid dienone is 4. The van der Waals surface area contributed by atoms with Crippen molar-refractivity contribution in [3.63, 3.8) is 0 Å². The largest absolute Gasteiger partial charge is 0.390 e. The van der Waals surface area contributed by atoms with Crippen LogP contribution in [0.3, 0.4) is 0 Å². The highest BCUT2D eigenvalue weighted by atomic mass is 32.1. The summed E-state index contributed by atoms with van der Waals surface area (Å²) in [6.07, 6.45) is 1.01. The number of thiazole rings is 1. The Morgan fingerprint density at radius 3 is 2.74 bits per heavy atom. The number of ketones is 2. The second-order valence-corrected chi connectivity index (χ2v) is 13.9. The van der Waals surface area contributed by atoms with Crippen LogP contribution in [0.1, 0.15) is 45.2 Å². The van der Waals surface area contributed by atoms with Gasteiger partial charge in [0.05, 0.1) is 18.3 Å². The predicted molar refractivity (Wildman–Crippen MR) is 151 cm³/mol. The number of benzene rings is 1. The minimum Gasteiger partial charge on any atom is -0.390 e. The van der Waals surface area contributed by atoms with Crippen LogP contribution in [0.25, 0.3) is 10.6 Å². The molecule has 2 saturated carbocycles. The summed E-state index contributed by atoms with van der Waals surface area (Å²) in [6.45, 7) is 3.31. The molecule has 5 aliphatic rings. The van der Waals surface area contributed by atoms with Crippen LogP contribution in [0.2, 0.25) is 0 Å². The SMILES string of the molecule is C[C@]12C=CC(=O)CC1=C(F)C[C@H]1[C@@H]3C[C@H]4CN(Cc5csc(-c6ccccc6)n5)O[C@@]4(C(=O)CO)[C@@]3(C)C[C@H](O)[C@@]12F. The Bertz CT molecular complexity index is 1530. The van der Waals surface area contributed by atoms with E-state index in [0.717, 1.165) is 16.3 Å². The number of carbonyl (C=O) groups is 2. The van der Waals surface area contributed by atoms with Crippen molar-refractivity contribution >= 4 is 22.9 Å². The van der Waals surface area contributed by atoms with Crippen LogP contribution in [0, 0.1) is 28.6 Å². The minimum absolute atomic E-state index is 0.0954. The van der Waals surface area contributed by atoms with Crippen molar-refractivity contribution < 1.29 is 33.4 Å². The number of halogens is 2. The van der Waals surface area contributed by atoms with Gasteiger partial charge in [-0.2, -0.15) is 5.06 Å². The fraction of sp³-hybridized carbons (Fsp3) is 0.531. The standard InChI is InChI=1S/C32H34F2N2O5S/c1-29-9-8-21(38)11-24(29)25(33)12-23-22-10-19-14-36(15-20-17-42-28(35-20)18-6-4-3-5-7-18)41-32(19,27(40)16-37)30(22,2)13-26(39)31(23,29)34/h3-9,17,19,22-23,26,37,39H,10-16H2,1-2H3/t19-,22-,23-,26-,29-,30-,31-,32-/m0/s1. The third-order valence-electron chi connectivity index (χ3n) is 11.2. The van der Waals surface area contributed by atoms with Crippen LogP contribution in [-0.2, 0) is 21.0 Å². The molecule has 1 aromatic heterocycles. The zero-order valence-corrected chi connectivity index (χ0v) is 24.4. The van der Waals surface area contributed by atoms with Crippen LogP contribution >= 0.6 is 11.3 Å². The molecule has 2 aromatic rings. The molecule has 8 atom stereocenters. The molecule has 0 amide bonds. The molecule has 10 heteroatoms. The molecule has 2 N–H and O–H groups in total. The van der Waals surface area contributed by atoms with E-state index in [4.69, 9.17) is 9.82 Å². The highest BCUT2D eigenvalue weighted by Gasteiger charge is 2.79. The van der Waals surface area contributed by atoms with Crippen LogP contribution < -0.4 is 0 Å². The van der Waals surface area contributed by atoms with Gasteiger partial charge in [0.15, 0.2) is 22.8 Å². The Hall–Kier alpha value is -2.63. The van der Waals surface area contributed by atoms with Gasteiger partial charge in [0, 0.05) is 53.0 Å². The molecule has 222 valence electrons. The normalized spacial score (nSPS) is 41.0. The average Bonchev–Trinajstić information content (AvgIpc) is 3.65.